The first kappa shape index (κ1) is 28.4. The van der Waals surface area contributed by atoms with Crippen LogP contribution in [0, 0.1) is 10.1 Å². The van der Waals surface area contributed by atoms with Gasteiger partial charge in [0, 0.05) is 29.9 Å². The summed E-state index contributed by atoms with van der Waals surface area (Å²) < 4.78 is 11.5. The lowest BCUT2D eigenvalue weighted by Gasteiger charge is -2.32. The van der Waals surface area contributed by atoms with Crippen molar-refractivity contribution in [2.24, 2.45) is 16.6 Å². The fourth-order valence-corrected chi connectivity index (χ4v) is 4.34. The lowest BCUT2D eigenvalue weighted by Crippen LogP contribution is -2.37. The first-order chi connectivity index (χ1) is 19.8. The van der Waals surface area contributed by atoms with Crippen LogP contribution in [-0.4, -0.2) is 29.0 Å². The molecule has 210 valence electrons. The molecule has 0 heterocycles. The molecular weight excluding hydrogens is 526 g/mol. The normalized spacial score (nSPS) is 11.9. The number of nitrogens with two attached hydrogens (primary N) is 2. The number of nitro groups is 1. The Hall–Kier alpha value is -5.58. The lowest BCUT2D eigenvalue weighted by molar-refractivity contribution is -0.384. The summed E-state index contributed by atoms with van der Waals surface area (Å²) in [5.74, 6) is 0.197. The summed E-state index contributed by atoms with van der Waals surface area (Å²) in [6, 6.07) is 26.9. The predicted octanol–water partition coefficient (Wildman–Crippen LogP) is 4.51. The van der Waals surface area contributed by atoms with Gasteiger partial charge >= 0.3 is 0 Å². The van der Waals surface area contributed by atoms with Gasteiger partial charge in [0.25, 0.3) is 5.69 Å². The Kier molecular flexibility index (Phi) is 9.00. The molecule has 0 aliphatic rings. The van der Waals surface area contributed by atoms with Crippen LogP contribution < -0.4 is 25.8 Å². The second-order valence-electron chi connectivity index (χ2n) is 9.07. The molecule has 41 heavy (non-hydrogen) atoms. The highest BCUT2D eigenvalue weighted by atomic mass is 16.6. The average molecular weight is 556 g/mol. The van der Waals surface area contributed by atoms with Gasteiger partial charge in [0.15, 0.2) is 17.3 Å². The van der Waals surface area contributed by atoms with Gasteiger partial charge in [-0.25, -0.2) is 0 Å². The Bertz CT molecular complexity index is 1530. The molecule has 1 atom stereocenters. The van der Waals surface area contributed by atoms with Gasteiger partial charge in [-0.1, -0.05) is 41.6 Å². The van der Waals surface area contributed by atoms with Crippen molar-refractivity contribution >= 4 is 23.1 Å². The zero-order valence-electron chi connectivity index (χ0n) is 22.2. The number of rotatable bonds is 12. The third kappa shape index (κ3) is 6.90. The van der Waals surface area contributed by atoms with Crippen molar-refractivity contribution < 1.29 is 24.4 Å². The van der Waals surface area contributed by atoms with Crippen LogP contribution in [0.2, 0.25) is 0 Å². The number of carbonyl (C=O) groups excluding carboxylic acids is 1. The molecule has 0 aliphatic carbocycles. The molecule has 4 aromatic carbocycles. The largest absolute Gasteiger partial charge is 0.493 e. The summed E-state index contributed by atoms with van der Waals surface area (Å²) >= 11 is 0. The Morgan fingerprint density at radius 1 is 0.951 bits per heavy atom. The highest BCUT2D eigenvalue weighted by Gasteiger charge is 2.28. The number of amidine groups is 1. The second kappa shape index (κ2) is 13.0. The summed E-state index contributed by atoms with van der Waals surface area (Å²) in [5, 5.41) is 23.0. The Morgan fingerprint density at radius 2 is 1.63 bits per heavy atom. The number of methoxy groups -OCH3 is 1. The van der Waals surface area contributed by atoms with Gasteiger partial charge < -0.3 is 31.0 Å². The maximum absolute atomic E-state index is 13.0. The number of carbonyl (C=O) groups is 1. The summed E-state index contributed by atoms with van der Waals surface area (Å²) in [4.78, 5) is 25.3. The number of primary amides is 1. The van der Waals surface area contributed by atoms with E-state index in [1.54, 1.807) is 54.6 Å². The molecule has 4 rings (SSSR count). The van der Waals surface area contributed by atoms with Gasteiger partial charge in [0.05, 0.1) is 12.0 Å². The Labute approximate surface area is 236 Å². The first-order valence-corrected chi connectivity index (χ1v) is 12.5. The number of non-ortho nitro benzene ring substituents is 1. The molecule has 0 spiro atoms. The molecule has 0 aliphatic heterocycles. The summed E-state index contributed by atoms with van der Waals surface area (Å²) in [6.07, 6.45) is 0. The Morgan fingerprint density at radius 3 is 2.22 bits per heavy atom. The fourth-order valence-electron chi connectivity index (χ4n) is 4.34. The standard InChI is InChI=1S/C30H29N5O6/c1-40-27-17-23(11-16-26(27)41-19-21-7-12-25(13-8-21)35(38)39)28(30(32)36)34(18-20-5-3-2-4-6-20)24-14-9-22(10-15-24)29(31)33-37/h2-17,28,37H,18-19H2,1H3,(H2,31,33)(H2,32,36). The van der Waals surface area contributed by atoms with E-state index in [4.69, 9.17) is 26.1 Å². The van der Waals surface area contributed by atoms with E-state index >= 15 is 0 Å². The van der Waals surface area contributed by atoms with E-state index in [1.165, 1.54) is 19.2 Å². The van der Waals surface area contributed by atoms with E-state index in [2.05, 4.69) is 5.16 Å². The van der Waals surface area contributed by atoms with E-state index in [1.807, 2.05) is 35.2 Å². The number of benzene rings is 4. The molecule has 0 saturated carbocycles. The first-order valence-electron chi connectivity index (χ1n) is 12.5. The molecule has 0 saturated heterocycles. The minimum absolute atomic E-state index is 0.00660. The quantitative estimate of drug-likeness (QED) is 0.0755. The van der Waals surface area contributed by atoms with Gasteiger partial charge in [-0.3, -0.25) is 14.9 Å². The van der Waals surface area contributed by atoms with Crippen molar-refractivity contribution in [1.29, 1.82) is 0 Å². The van der Waals surface area contributed by atoms with Crippen molar-refractivity contribution in [3.63, 3.8) is 0 Å². The van der Waals surface area contributed by atoms with Gasteiger partial charge in [-0.05, 0) is 65.2 Å². The molecule has 0 aromatic heterocycles. The van der Waals surface area contributed by atoms with Gasteiger partial charge in [0.2, 0.25) is 5.91 Å². The van der Waals surface area contributed by atoms with E-state index in [-0.39, 0.29) is 18.1 Å². The molecule has 11 heteroatoms. The van der Waals surface area contributed by atoms with Crippen LogP contribution in [0.4, 0.5) is 11.4 Å². The topological polar surface area (TPSA) is 167 Å². The molecule has 0 bridgehead atoms. The summed E-state index contributed by atoms with van der Waals surface area (Å²) in [6.45, 7) is 0.512. The highest BCUT2D eigenvalue weighted by molar-refractivity contribution is 5.97. The number of hydrogen-bond acceptors (Lipinski definition) is 8. The van der Waals surface area contributed by atoms with Crippen LogP contribution in [0.1, 0.15) is 28.3 Å². The van der Waals surface area contributed by atoms with Crippen molar-refractivity contribution in [2.45, 2.75) is 19.2 Å². The van der Waals surface area contributed by atoms with E-state index in [9.17, 15) is 14.9 Å². The van der Waals surface area contributed by atoms with E-state index in [0.29, 0.717) is 34.9 Å². The van der Waals surface area contributed by atoms with Crippen LogP contribution in [0.3, 0.4) is 0 Å². The number of nitro benzene ring substituents is 1. The number of oxime groups is 1. The summed E-state index contributed by atoms with van der Waals surface area (Å²) in [5.41, 5.74) is 15.2. The van der Waals surface area contributed by atoms with Crippen LogP contribution in [-0.2, 0) is 17.9 Å². The minimum Gasteiger partial charge on any atom is -0.493 e. The number of anilines is 1. The molecule has 5 N–H and O–H groups in total. The van der Waals surface area contributed by atoms with Crippen LogP contribution in [0.25, 0.3) is 0 Å². The smallest absolute Gasteiger partial charge is 0.269 e. The van der Waals surface area contributed by atoms with Gasteiger partial charge in [-0.15, -0.1) is 0 Å². The predicted molar refractivity (Wildman–Crippen MR) is 154 cm³/mol. The SMILES string of the molecule is COc1cc(C(C(N)=O)N(Cc2ccccc2)c2ccc(/C(N)=N/O)cc2)ccc1OCc1ccc([N+](=O)[O-])cc1. The highest BCUT2D eigenvalue weighted by Crippen LogP contribution is 2.35. The maximum atomic E-state index is 13.0. The molecule has 1 unspecified atom stereocenters. The fraction of sp³-hybridized carbons (Fsp3) is 0.133. The third-order valence-electron chi connectivity index (χ3n) is 6.42. The summed E-state index contributed by atoms with van der Waals surface area (Å²) in [7, 11) is 1.49. The lowest BCUT2D eigenvalue weighted by atomic mass is 10.0. The molecule has 0 radical (unpaired) electrons. The monoisotopic (exact) mass is 555 g/mol. The van der Waals surface area contributed by atoms with Crippen molar-refractivity contribution in [1.82, 2.24) is 0 Å². The average Bonchev–Trinajstić information content (AvgIpc) is 3.00. The Balaban J connectivity index is 1.66. The van der Waals surface area contributed by atoms with E-state index < -0.39 is 16.9 Å². The zero-order valence-corrected chi connectivity index (χ0v) is 22.2. The van der Waals surface area contributed by atoms with Gasteiger partial charge in [0.1, 0.15) is 12.6 Å². The van der Waals surface area contributed by atoms with Crippen LogP contribution >= 0.6 is 0 Å². The van der Waals surface area contributed by atoms with Crippen LogP contribution in [0.5, 0.6) is 11.5 Å². The molecule has 11 nitrogen and oxygen atoms in total. The zero-order chi connectivity index (χ0) is 29.4. The maximum Gasteiger partial charge on any atom is 0.269 e. The van der Waals surface area contributed by atoms with Crippen LogP contribution in [0.15, 0.2) is 102 Å². The number of hydrogen-bond donors (Lipinski definition) is 3. The number of amides is 1. The van der Waals surface area contributed by atoms with Crippen molar-refractivity contribution in [3.8, 4) is 11.5 Å². The molecule has 4 aromatic rings. The molecular formula is C30H29N5O6. The van der Waals surface area contributed by atoms with E-state index in [0.717, 1.165) is 11.1 Å². The van der Waals surface area contributed by atoms with Gasteiger partial charge in [-0.2, -0.15) is 0 Å². The van der Waals surface area contributed by atoms with Crippen molar-refractivity contribution in [3.05, 3.63) is 129 Å². The second-order valence-corrected chi connectivity index (χ2v) is 9.07. The number of ether oxygens (including phenoxy) is 2. The molecule has 0 fully saturated rings. The molecule has 1 amide bonds. The third-order valence-corrected chi connectivity index (χ3v) is 6.42. The van der Waals surface area contributed by atoms with Crippen molar-refractivity contribution in [2.75, 3.05) is 12.0 Å². The number of nitrogens with zero attached hydrogens (tertiary/aromatic N) is 3. The minimum atomic E-state index is -0.887.